The molecule has 1 N–H and O–H groups in total. The summed E-state index contributed by atoms with van der Waals surface area (Å²) in [5, 5.41) is 3.23. The highest BCUT2D eigenvalue weighted by molar-refractivity contribution is 9.10. The SMILES string of the molecule is CCNc1cc(Oc2ccc(Br)cc2)nc(C2CC2)n1. The summed E-state index contributed by atoms with van der Waals surface area (Å²) in [6.07, 6.45) is 2.35. The molecule has 0 bridgehead atoms. The van der Waals surface area contributed by atoms with Crippen LogP contribution in [-0.2, 0) is 0 Å². The van der Waals surface area contributed by atoms with E-state index < -0.39 is 0 Å². The third-order valence-electron chi connectivity index (χ3n) is 3.06. The summed E-state index contributed by atoms with van der Waals surface area (Å²) < 4.78 is 6.85. The Bertz CT molecular complexity index is 597. The van der Waals surface area contributed by atoms with E-state index in [9.17, 15) is 0 Å². The molecule has 1 fully saturated rings. The molecule has 2 aromatic rings. The van der Waals surface area contributed by atoms with Crippen LogP contribution in [0.5, 0.6) is 11.6 Å². The van der Waals surface area contributed by atoms with Gasteiger partial charge in [0.15, 0.2) is 0 Å². The van der Waals surface area contributed by atoms with Crippen molar-refractivity contribution in [3.8, 4) is 11.6 Å². The summed E-state index contributed by atoms with van der Waals surface area (Å²) in [5.41, 5.74) is 0. The molecule has 1 aliphatic rings. The van der Waals surface area contributed by atoms with Crippen molar-refractivity contribution >= 4 is 21.7 Å². The maximum atomic E-state index is 5.83. The number of aromatic nitrogens is 2. The Morgan fingerprint density at radius 2 is 2.00 bits per heavy atom. The molecule has 4 nitrogen and oxygen atoms in total. The monoisotopic (exact) mass is 333 g/mol. The minimum absolute atomic E-state index is 0.501. The Kier molecular flexibility index (Phi) is 3.87. The number of anilines is 1. The fourth-order valence-corrected chi connectivity index (χ4v) is 2.18. The van der Waals surface area contributed by atoms with Crippen molar-refractivity contribution in [3.05, 3.63) is 40.6 Å². The third-order valence-corrected chi connectivity index (χ3v) is 3.59. The van der Waals surface area contributed by atoms with Crippen LogP contribution in [0.1, 0.15) is 31.5 Å². The van der Waals surface area contributed by atoms with Crippen molar-refractivity contribution in [2.24, 2.45) is 0 Å². The Morgan fingerprint density at radius 3 is 2.65 bits per heavy atom. The minimum atomic E-state index is 0.501. The van der Waals surface area contributed by atoms with Crippen LogP contribution in [0, 0.1) is 0 Å². The van der Waals surface area contributed by atoms with Gasteiger partial charge in [0.05, 0.1) is 0 Å². The molecular formula is C15H16BrN3O. The van der Waals surface area contributed by atoms with E-state index in [4.69, 9.17) is 4.74 Å². The first kappa shape index (κ1) is 13.4. The predicted octanol–water partition coefficient (Wildman–Crippen LogP) is 4.34. The number of hydrogen-bond donors (Lipinski definition) is 1. The molecule has 1 saturated carbocycles. The molecule has 0 radical (unpaired) electrons. The lowest BCUT2D eigenvalue weighted by molar-refractivity contribution is 0.459. The standard InChI is InChI=1S/C15H16BrN3O/c1-2-17-13-9-14(19-15(18-13)10-3-4-10)20-12-7-5-11(16)6-8-12/h5-10H,2-4H2,1H3,(H,17,18,19). The number of benzene rings is 1. The van der Waals surface area contributed by atoms with Crippen LogP contribution in [0.25, 0.3) is 0 Å². The summed E-state index contributed by atoms with van der Waals surface area (Å²) in [6.45, 7) is 2.88. The van der Waals surface area contributed by atoms with Gasteiger partial charge in [-0.2, -0.15) is 4.98 Å². The molecule has 0 aliphatic heterocycles. The molecule has 0 amide bonds. The molecule has 1 heterocycles. The molecule has 5 heteroatoms. The van der Waals surface area contributed by atoms with E-state index in [1.165, 1.54) is 12.8 Å². The molecule has 1 aromatic heterocycles. The van der Waals surface area contributed by atoms with Crippen LogP contribution in [0.3, 0.4) is 0 Å². The van der Waals surface area contributed by atoms with Gasteiger partial charge in [0.25, 0.3) is 0 Å². The van der Waals surface area contributed by atoms with E-state index in [1.54, 1.807) is 0 Å². The Hall–Kier alpha value is -1.62. The van der Waals surface area contributed by atoms with Gasteiger partial charge in [-0.25, -0.2) is 4.98 Å². The molecule has 20 heavy (non-hydrogen) atoms. The summed E-state index contributed by atoms with van der Waals surface area (Å²) in [7, 11) is 0. The first-order valence-corrected chi connectivity index (χ1v) is 7.60. The van der Waals surface area contributed by atoms with Crippen LogP contribution < -0.4 is 10.1 Å². The van der Waals surface area contributed by atoms with Gasteiger partial charge in [-0.15, -0.1) is 0 Å². The fourth-order valence-electron chi connectivity index (χ4n) is 1.91. The van der Waals surface area contributed by atoms with Crippen LogP contribution in [-0.4, -0.2) is 16.5 Å². The van der Waals surface area contributed by atoms with E-state index in [2.05, 4.69) is 31.2 Å². The van der Waals surface area contributed by atoms with Gasteiger partial charge < -0.3 is 10.1 Å². The van der Waals surface area contributed by atoms with Crippen molar-refractivity contribution in [1.29, 1.82) is 0 Å². The van der Waals surface area contributed by atoms with Gasteiger partial charge in [-0.3, -0.25) is 0 Å². The molecule has 1 aliphatic carbocycles. The molecule has 0 atom stereocenters. The fraction of sp³-hybridized carbons (Fsp3) is 0.333. The lowest BCUT2D eigenvalue weighted by atomic mass is 10.3. The maximum absolute atomic E-state index is 5.83. The van der Waals surface area contributed by atoms with Gasteiger partial charge in [-0.05, 0) is 44.0 Å². The number of nitrogens with zero attached hydrogens (tertiary/aromatic N) is 2. The van der Waals surface area contributed by atoms with Crippen molar-refractivity contribution in [1.82, 2.24) is 9.97 Å². The van der Waals surface area contributed by atoms with E-state index in [-0.39, 0.29) is 0 Å². The second kappa shape index (κ2) is 5.79. The average Bonchev–Trinajstić information content (AvgIpc) is 3.26. The molecule has 0 saturated heterocycles. The van der Waals surface area contributed by atoms with E-state index in [0.29, 0.717) is 11.8 Å². The number of halogens is 1. The highest BCUT2D eigenvalue weighted by Crippen LogP contribution is 2.39. The van der Waals surface area contributed by atoms with Crippen LogP contribution >= 0.6 is 15.9 Å². The first-order chi connectivity index (χ1) is 9.74. The van der Waals surface area contributed by atoms with E-state index in [0.717, 1.165) is 28.4 Å². The van der Waals surface area contributed by atoms with Crippen LogP contribution in [0.15, 0.2) is 34.8 Å². The molecule has 0 spiro atoms. The van der Waals surface area contributed by atoms with E-state index >= 15 is 0 Å². The van der Waals surface area contributed by atoms with Gasteiger partial charge in [0.2, 0.25) is 5.88 Å². The smallest absolute Gasteiger partial charge is 0.224 e. The van der Waals surface area contributed by atoms with Crippen LogP contribution in [0.2, 0.25) is 0 Å². The van der Waals surface area contributed by atoms with E-state index in [1.807, 2.05) is 37.3 Å². The van der Waals surface area contributed by atoms with Gasteiger partial charge in [0, 0.05) is 23.0 Å². The lowest BCUT2D eigenvalue weighted by Gasteiger charge is -2.09. The van der Waals surface area contributed by atoms with Gasteiger partial charge in [-0.1, -0.05) is 15.9 Å². The Balaban J connectivity index is 1.85. The third kappa shape index (κ3) is 3.28. The molecular weight excluding hydrogens is 318 g/mol. The minimum Gasteiger partial charge on any atom is -0.439 e. The Morgan fingerprint density at radius 1 is 1.25 bits per heavy atom. The molecule has 104 valence electrons. The van der Waals surface area contributed by atoms with Crippen LogP contribution in [0.4, 0.5) is 5.82 Å². The maximum Gasteiger partial charge on any atom is 0.224 e. The summed E-state index contributed by atoms with van der Waals surface area (Å²) in [4.78, 5) is 9.04. The number of nitrogens with one attached hydrogen (secondary N) is 1. The first-order valence-electron chi connectivity index (χ1n) is 6.81. The number of ether oxygens (including phenoxy) is 1. The normalized spacial score (nSPS) is 14.1. The van der Waals surface area contributed by atoms with Crippen molar-refractivity contribution in [2.75, 3.05) is 11.9 Å². The van der Waals surface area contributed by atoms with Crippen molar-refractivity contribution in [2.45, 2.75) is 25.7 Å². The van der Waals surface area contributed by atoms with Crippen molar-refractivity contribution < 1.29 is 4.74 Å². The van der Waals surface area contributed by atoms with Crippen molar-refractivity contribution in [3.63, 3.8) is 0 Å². The number of rotatable bonds is 5. The quantitative estimate of drug-likeness (QED) is 0.884. The van der Waals surface area contributed by atoms with Gasteiger partial charge >= 0.3 is 0 Å². The highest BCUT2D eigenvalue weighted by atomic mass is 79.9. The second-order valence-electron chi connectivity index (χ2n) is 4.81. The number of hydrogen-bond acceptors (Lipinski definition) is 4. The summed E-state index contributed by atoms with van der Waals surface area (Å²) >= 11 is 3.41. The van der Waals surface area contributed by atoms with Gasteiger partial charge in [0.1, 0.15) is 17.4 Å². The zero-order chi connectivity index (χ0) is 13.9. The zero-order valence-corrected chi connectivity index (χ0v) is 12.9. The summed E-state index contributed by atoms with van der Waals surface area (Å²) in [5.74, 6) is 3.59. The highest BCUT2D eigenvalue weighted by Gasteiger charge is 2.27. The molecule has 1 aromatic carbocycles. The molecule has 3 rings (SSSR count). The largest absolute Gasteiger partial charge is 0.439 e. The zero-order valence-electron chi connectivity index (χ0n) is 11.3. The predicted molar refractivity (Wildman–Crippen MR) is 82.4 cm³/mol. The second-order valence-corrected chi connectivity index (χ2v) is 5.73. The Labute approximate surface area is 126 Å². The topological polar surface area (TPSA) is 47.0 Å². The average molecular weight is 334 g/mol. The lowest BCUT2D eigenvalue weighted by Crippen LogP contribution is -2.04. The molecule has 0 unspecified atom stereocenters. The summed E-state index contributed by atoms with van der Waals surface area (Å²) in [6, 6.07) is 9.57.